The molecule has 2 saturated carbocycles. The van der Waals surface area contributed by atoms with Crippen molar-refractivity contribution in [2.75, 3.05) is 6.54 Å². The van der Waals surface area contributed by atoms with Gasteiger partial charge in [-0.15, -0.1) is 0 Å². The van der Waals surface area contributed by atoms with Crippen molar-refractivity contribution >= 4 is 5.91 Å². The lowest BCUT2D eigenvalue weighted by atomic mass is 9.59. The first-order valence-electron chi connectivity index (χ1n) is 10.3. The molecule has 142 valence electrons. The Morgan fingerprint density at radius 1 is 1.12 bits per heavy atom. The molecule has 1 aromatic carbocycles. The molecule has 0 radical (unpaired) electrons. The predicted molar refractivity (Wildman–Crippen MR) is 104 cm³/mol. The zero-order valence-corrected chi connectivity index (χ0v) is 16.7. The highest BCUT2D eigenvalue weighted by Crippen LogP contribution is 2.53. The van der Waals surface area contributed by atoms with Crippen LogP contribution in [-0.4, -0.2) is 34.1 Å². The maximum Gasteiger partial charge on any atom is 0.226 e. The van der Waals surface area contributed by atoms with Crippen LogP contribution in [0.4, 0.5) is 0 Å². The topological polar surface area (TPSA) is 40.5 Å². The van der Waals surface area contributed by atoms with Gasteiger partial charge in [0.15, 0.2) is 0 Å². The first-order valence-corrected chi connectivity index (χ1v) is 10.3. The number of aliphatic hydroxyl groups is 1. The number of hydrogen-bond acceptors (Lipinski definition) is 2. The smallest absolute Gasteiger partial charge is 0.226 e. The molecule has 1 aliphatic heterocycles. The van der Waals surface area contributed by atoms with Crippen molar-refractivity contribution in [3.05, 3.63) is 34.9 Å². The van der Waals surface area contributed by atoms with Gasteiger partial charge in [0.05, 0.1) is 5.60 Å². The molecule has 1 saturated heterocycles. The Balaban J connectivity index is 1.36. The van der Waals surface area contributed by atoms with Crippen LogP contribution in [0.3, 0.4) is 0 Å². The summed E-state index contributed by atoms with van der Waals surface area (Å²) in [6.07, 6.45) is 6.23. The fourth-order valence-electron chi connectivity index (χ4n) is 5.85. The van der Waals surface area contributed by atoms with E-state index in [1.54, 1.807) is 0 Å². The van der Waals surface area contributed by atoms with Gasteiger partial charge in [-0.2, -0.15) is 0 Å². The third-order valence-corrected chi connectivity index (χ3v) is 7.54. The number of hydrogen-bond donors (Lipinski definition) is 1. The summed E-state index contributed by atoms with van der Waals surface area (Å²) in [4.78, 5) is 14.8. The molecule has 1 atom stereocenters. The zero-order valence-electron chi connectivity index (χ0n) is 16.7. The molecule has 1 amide bonds. The van der Waals surface area contributed by atoms with Crippen LogP contribution in [0, 0.1) is 25.2 Å². The fraction of sp³-hybridized carbons (Fsp3) is 0.696. The van der Waals surface area contributed by atoms with E-state index in [1.165, 1.54) is 42.4 Å². The summed E-state index contributed by atoms with van der Waals surface area (Å²) in [5, 5.41) is 9.92. The van der Waals surface area contributed by atoms with Gasteiger partial charge in [0.2, 0.25) is 5.91 Å². The van der Waals surface area contributed by atoms with Crippen molar-refractivity contribution in [2.45, 2.75) is 83.8 Å². The van der Waals surface area contributed by atoms with E-state index >= 15 is 0 Å². The molecule has 0 aromatic heterocycles. The van der Waals surface area contributed by atoms with Crippen molar-refractivity contribution in [2.24, 2.45) is 11.3 Å². The monoisotopic (exact) mass is 355 g/mol. The quantitative estimate of drug-likeness (QED) is 0.857. The summed E-state index contributed by atoms with van der Waals surface area (Å²) in [5.41, 5.74) is 3.97. The largest absolute Gasteiger partial charge is 0.390 e. The average Bonchev–Trinajstić information content (AvgIpc) is 2.56. The minimum absolute atomic E-state index is 0.0522. The predicted octanol–water partition coefficient (Wildman–Crippen LogP) is 4.34. The molecule has 3 fully saturated rings. The summed E-state index contributed by atoms with van der Waals surface area (Å²) in [6, 6.07) is 7.33. The molecule has 3 aliphatic rings. The highest BCUT2D eigenvalue weighted by atomic mass is 16.3. The number of carbonyl (C=O) groups is 1. The summed E-state index contributed by atoms with van der Waals surface area (Å²) in [7, 11) is 0. The standard InChI is InChI=1S/C23H33NO2/c1-15-9-16(2)11-19(10-15)18-5-7-23(8-6-18)14-24(17(23)3)21(25)20-12-22(4,26)13-20/h9-11,17-18,20,26H,5-8,12-14H2,1-4H3/t17-,18-,20-,22+,23+/m0/s1. The van der Waals surface area contributed by atoms with Crippen molar-refractivity contribution in [1.82, 2.24) is 4.90 Å². The Morgan fingerprint density at radius 3 is 2.19 bits per heavy atom. The van der Waals surface area contributed by atoms with Crippen LogP contribution in [0.5, 0.6) is 0 Å². The van der Waals surface area contributed by atoms with E-state index in [-0.39, 0.29) is 11.8 Å². The number of aryl methyl sites for hydroxylation is 2. The van der Waals surface area contributed by atoms with E-state index in [1.807, 2.05) is 6.92 Å². The molecule has 1 heterocycles. The van der Waals surface area contributed by atoms with Gasteiger partial charge in [-0.3, -0.25) is 4.79 Å². The Labute approximate surface area is 157 Å². The molecule has 1 aromatic rings. The van der Waals surface area contributed by atoms with Gasteiger partial charge in [0.25, 0.3) is 0 Å². The molecule has 4 rings (SSSR count). The van der Waals surface area contributed by atoms with Crippen LogP contribution in [0.15, 0.2) is 18.2 Å². The molecule has 0 bridgehead atoms. The van der Waals surface area contributed by atoms with Gasteiger partial charge >= 0.3 is 0 Å². The summed E-state index contributed by atoms with van der Waals surface area (Å²) in [6.45, 7) is 9.40. The number of likely N-dealkylation sites (tertiary alicyclic amines) is 1. The second-order valence-electron chi connectivity index (χ2n) is 9.80. The van der Waals surface area contributed by atoms with Crippen LogP contribution in [0.25, 0.3) is 0 Å². The summed E-state index contributed by atoms with van der Waals surface area (Å²) in [5.74, 6) is 1.01. The van der Waals surface area contributed by atoms with Crippen LogP contribution in [-0.2, 0) is 4.79 Å². The summed E-state index contributed by atoms with van der Waals surface area (Å²) < 4.78 is 0. The lowest BCUT2D eigenvalue weighted by molar-refractivity contribution is -0.174. The van der Waals surface area contributed by atoms with E-state index in [9.17, 15) is 9.90 Å². The Morgan fingerprint density at radius 2 is 1.69 bits per heavy atom. The van der Waals surface area contributed by atoms with E-state index in [0.717, 1.165) is 6.54 Å². The molecular formula is C23H33NO2. The molecule has 3 nitrogen and oxygen atoms in total. The first kappa shape index (κ1) is 18.0. The second kappa shape index (κ2) is 6.09. The third kappa shape index (κ3) is 2.98. The minimum atomic E-state index is -0.615. The zero-order chi connectivity index (χ0) is 18.7. The third-order valence-electron chi connectivity index (χ3n) is 7.54. The van der Waals surface area contributed by atoms with Gasteiger partial charge in [0.1, 0.15) is 0 Å². The van der Waals surface area contributed by atoms with Crippen LogP contribution >= 0.6 is 0 Å². The van der Waals surface area contributed by atoms with Crippen molar-refractivity contribution in [3.63, 3.8) is 0 Å². The van der Waals surface area contributed by atoms with E-state index in [4.69, 9.17) is 0 Å². The SMILES string of the molecule is Cc1cc(C)cc([C@H]2CC[C@@]3(CC2)CN(C(=O)[C@H]2C[C@@](C)(O)C2)[C@H]3C)c1. The number of rotatable bonds is 2. The van der Waals surface area contributed by atoms with Gasteiger partial charge in [-0.05, 0) is 77.7 Å². The van der Waals surface area contributed by atoms with Gasteiger partial charge in [-0.25, -0.2) is 0 Å². The molecule has 0 unspecified atom stereocenters. The number of carbonyl (C=O) groups excluding carboxylic acids is 1. The normalized spacial score (nSPS) is 39.4. The van der Waals surface area contributed by atoms with Gasteiger partial charge in [0, 0.05) is 23.9 Å². The van der Waals surface area contributed by atoms with Crippen LogP contribution < -0.4 is 0 Å². The Hall–Kier alpha value is -1.35. The van der Waals surface area contributed by atoms with Crippen LogP contribution in [0.2, 0.25) is 0 Å². The maximum atomic E-state index is 12.7. The second-order valence-corrected chi connectivity index (χ2v) is 9.80. The summed E-state index contributed by atoms with van der Waals surface area (Å²) >= 11 is 0. The Kier molecular flexibility index (Phi) is 4.22. The van der Waals surface area contributed by atoms with Crippen LogP contribution in [0.1, 0.15) is 75.0 Å². The molecule has 2 aliphatic carbocycles. The maximum absolute atomic E-state index is 12.7. The highest BCUT2D eigenvalue weighted by molar-refractivity contribution is 5.81. The van der Waals surface area contributed by atoms with Gasteiger partial charge in [-0.1, -0.05) is 29.3 Å². The molecule has 1 spiro atoms. The van der Waals surface area contributed by atoms with E-state index in [0.29, 0.717) is 30.2 Å². The van der Waals surface area contributed by atoms with Crippen molar-refractivity contribution in [1.29, 1.82) is 0 Å². The molecule has 26 heavy (non-hydrogen) atoms. The molecule has 3 heteroatoms. The lowest BCUT2D eigenvalue weighted by Gasteiger charge is -2.60. The van der Waals surface area contributed by atoms with E-state index < -0.39 is 5.60 Å². The minimum Gasteiger partial charge on any atom is -0.390 e. The first-order chi connectivity index (χ1) is 12.2. The van der Waals surface area contributed by atoms with Crippen molar-refractivity contribution < 1.29 is 9.90 Å². The Bertz CT molecular complexity index is 687. The highest BCUT2D eigenvalue weighted by Gasteiger charge is 2.55. The van der Waals surface area contributed by atoms with E-state index in [2.05, 4.69) is 43.9 Å². The number of nitrogens with zero attached hydrogens (tertiary/aromatic N) is 1. The van der Waals surface area contributed by atoms with Crippen molar-refractivity contribution in [3.8, 4) is 0 Å². The van der Waals surface area contributed by atoms with Gasteiger partial charge < -0.3 is 10.0 Å². The number of benzene rings is 1. The lowest BCUT2D eigenvalue weighted by Crippen LogP contribution is -2.68. The average molecular weight is 356 g/mol. The number of amides is 1. The molecule has 1 N–H and O–H groups in total. The fourth-order valence-corrected chi connectivity index (χ4v) is 5.85. The molecular weight excluding hydrogens is 322 g/mol.